The Labute approximate surface area is 160 Å². The van der Waals surface area contributed by atoms with Gasteiger partial charge in [-0.15, -0.1) is 0 Å². The van der Waals surface area contributed by atoms with Gasteiger partial charge in [-0.1, -0.05) is 31.2 Å². The monoisotopic (exact) mass is 394 g/mol. The summed E-state index contributed by atoms with van der Waals surface area (Å²) in [4.78, 5) is 2.15. The summed E-state index contributed by atoms with van der Waals surface area (Å²) in [5, 5.41) is 4.64. The molecule has 0 aliphatic carbocycles. The average molecular weight is 395 g/mol. The summed E-state index contributed by atoms with van der Waals surface area (Å²) in [6.45, 7) is 3.52. The molecular formula is C18H26N4O2S2. The number of sulfone groups is 1. The van der Waals surface area contributed by atoms with Crippen LogP contribution in [0.4, 0.5) is 0 Å². The van der Waals surface area contributed by atoms with Crippen LogP contribution in [0, 0.1) is 4.77 Å². The van der Waals surface area contributed by atoms with Crippen molar-refractivity contribution in [2.75, 3.05) is 18.6 Å². The number of hydrogen-bond acceptors (Lipinski definition) is 5. The lowest BCUT2D eigenvalue weighted by Gasteiger charge is -2.16. The van der Waals surface area contributed by atoms with E-state index in [0.717, 1.165) is 18.8 Å². The standard InChI is InChI=1S/C18H26N4O2S2/c1-4-14-5-7-15(8-6-14)11-20(2)13-22-18(25)21(3)17(19-22)16-9-10-26(23,24)12-16/h5-8,16H,4,9-13H2,1-3H3/t16-/m0/s1. The molecule has 1 fully saturated rings. The molecule has 8 heteroatoms. The number of nitrogens with zero attached hydrogens (tertiary/aromatic N) is 4. The molecule has 0 unspecified atom stereocenters. The SMILES string of the molecule is CCc1ccc(CN(C)Cn2nc([C@H]3CCS(=O)(=O)C3)n(C)c2=S)cc1. The van der Waals surface area contributed by atoms with Gasteiger partial charge in [0.1, 0.15) is 5.82 Å². The molecule has 1 atom stereocenters. The molecule has 2 aromatic rings. The van der Waals surface area contributed by atoms with Gasteiger partial charge in [-0.25, -0.2) is 13.1 Å². The lowest BCUT2D eigenvalue weighted by Crippen LogP contribution is -2.22. The Hall–Kier alpha value is -1.51. The smallest absolute Gasteiger partial charge is 0.198 e. The lowest BCUT2D eigenvalue weighted by atomic mass is 10.1. The van der Waals surface area contributed by atoms with Crippen molar-refractivity contribution >= 4 is 22.1 Å². The van der Waals surface area contributed by atoms with Gasteiger partial charge in [0, 0.05) is 19.5 Å². The summed E-state index contributed by atoms with van der Waals surface area (Å²) in [5.41, 5.74) is 2.58. The van der Waals surface area contributed by atoms with Gasteiger partial charge in [-0.2, -0.15) is 5.10 Å². The van der Waals surface area contributed by atoms with E-state index < -0.39 is 9.84 Å². The Balaban J connectivity index is 1.71. The molecule has 0 bridgehead atoms. The summed E-state index contributed by atoms with van der Waals surface area (Å²) in [6.07, 6.45) is 1.67. The van der Waals surface area contributed by atoms with E-state index in [1.54, 1.807) is 4.68 Å². The molecule has 3 rings (SSSR count). The highest BCUT2D eigenvalue weighted by Crippen LogP contribution is 2.27. The third-order valence-corrected chi connectivity index (χ3v) is 7.18. The van der Waals surface area contributed by atoms with Crippen molar-refractivity contribution in [1.82, 2.24) is 19.2 Å². The Morgan fingerprint density at radius 2 is 1.92 bits per heavy atom. The lowest BCUT2D eigenvalue weighted by molar-refractivity contribution is 0.243. The molecule has 0 radical (unpaired) electrons. The Bertz CT molecular complexity index is 929. The summed E-state index contributed by atoms with van der Waals surface area (Å²) in [5.74, 6) is 1.13. The van der Waals surface area contributed by atoms with Gasteiger partial charge in [0.15, 0.2) is 14.6 Å². The van der Waals surface area contributed by atoms with Crippen LogP contribution in [0.25, 0.3) is 0 Å². The normalized spacial score (nSPS) is 19.3. The molecule has 2 heterocycles. The molecule has 1 aliphatic rings. The number of aryl methyl sites for hydroxylation is 1. The largest absolute Gasteiger partial charge is 0.307 e. The van der Waals surface area contributed by atoms with Crippen LogP contribution in [0.5, 0.6) is 0 Å². The molecule has 0 N–H and O–H groups in total. The van der Waals surface area contributed by atoms with E-state index in [1.165, 1.54) is 11.1 Å². The average Bonchev–Trinajstić information content (AvgIpc) is 3.09. The Morgan fingerprint density at radius 1 is 1.27 bits per heavy atom. The third kappa shape index (κ3) is 4.24. The van der Waals surface area contributed by atoms with E-state index in [-0.39, 0.29) is 17.4 Å². The van der Waals surface area contributed by atoms with Crippen molar-refractivity contribution in [3.63, 3.8) is 0 Å². The first kappa shape index (κ1) is 19.3. The maximum absolute atomic E-state index is 11.8. The molecule has 1 aliphatic heterocycles. The van der Waals surface area contributed by atoms with Crippen molar-refractivity contribution in [3.8, 4) is 0 Å². The second kappa shape index (κ2) is 7.62. The molecule has 0 spiro atoms. The first-order valence-electron chi connectivity index (χ1n) is 8.89. The molecule has 26 heavy (non-hydrogen) atoms. The fraction of sp³-hybridized carbons (Fsp3) is 0.556. The van der Waals surface area contributed by atoms with Crippen LogP contribution in [0.2, 0.25) is 0 Å². The number of hydrogen-bond donors (Lipinski definition) is 0. The summed E-state index contributed by atoms with van der Waals surface area (Å²) in [6, 6.07) is 8.63. The maximum atomic E-state index is 11.8. The Morgan fingerprint density at radius 3 is 2.50 bits per heavy atom. The van der Waals surface area contributed by atoms with E-state index >= 15 is 0 Å². The van der Waals surface area contributed by atoms with Crippen molar-refractivity contribution < 1.29 is 8.42 Å². The molecule has 142 valence electrons. The van der Waals surface area contributed by atoms with Crippen LogP contribution in [-0.2, 0) is 36.5 Å². The van der Waals surface area contributed by atoms with Gasteiger partial charge < -0.3 is 4.57 Å². The predicted octanol–water partition coefficient (Wildman–Crippen LogP) is 2.51. The third-order valence-electron chi connectivity index (χ3n) is 4.93. The summed E-state index contributed by atoms with van der Waals surface area (Å²) in [7, 11) is 0.962. The number of benzene rings is 1. The van der Waals surface area contributed by atoms with Crippen molar-refractivity contribution in [2.45, 2.75) is 38.9 Å². The van der Waals surface area contributed by atoms with Gasteiger partial charge in [0.25, 0.3) is 0 Å². The van der Waals surface area contributed by atoms with E-state index in [9.17, 15) is 8.42 Å². The maximum Gasteiger partial charge on any atom is 0.198 e. The van der Waals surface area contributed by atoms with Crippen molar-refractivity contribution in [1.29, 1.82) is 0 Å². The van der Waals surface area contributed by atoms with Crippen LogP contribution < -0.4 is 0 Å². The molecule has 0 saturated carbocycles. The zero-order valence-corrected chi connectivity index (χ0v) is 17.2. The summed E-state index contributed by atoms with van der Waals surface area (Å²) < 4.78 is 27.8. The van der Waals surface area contributed by atoms with Gasteiger partial charge in [0.05, 0.1) is 18.2 Å². The number of aromatic nitrogens is 3. The molecule has 6 nitrogen and oxygen atoms in total. The molecule has 1 saturated heterocycles. The van der Waals surface area contributed by atoms with Crippen molar-refractivity contribution in [3.05, 3.63) is 46.0 Å². The highest BCUT2D eigenvalue weighted by molar-refractivity contribution is 7.91. The van der Waals surface area contributed by atoms with Gasteiger partial charge in [0.2, 0.25) is 0 Å². The van der Waals surface area contributed by atoms with E-state index in [0.29, 0.717) is 17.9 Å². The van der Waals surface area contributed by atoms with Crippen LogP contribution in [0.15, 0.2) is 24.3 Å². The Kier molecular flexibility index (Phi) is 5.64. The quantitative estimate of drug-likeness (QED) is 0.705. The van der Waals surface area contributed by atoms with Gasteiger partial charge in [-0.05, 0) is 43.2 Å². The fourth-order valence-electron chi connectivity index (χ4n) is 3.42. The van der Waals surface area contributed by atoms with Gasteiger partial charge >= 0.3 is 0 Å². The second-order valence-electron chi connectivity index (χ2n) is 7.12. The molecule has 1 aromatic heterocycles. The predicted molar refractivity (Wildman–Crippen MR) is 105 cm³/mol. The van der Waals surface area contributed by atoms with Crippen LogP contribution in [0.1, 0.15) is 36.2 Å². The molecule has 1 aromatic carbocycles. The van der Waals surface area contributed by atoms with Gasteiger partial charge in [-0.3, -0.25) is 4.90 Å². The van der Waals surface area contributed by atoms with E-state index in [4.69, 9.17) is 12.2 Å². The second-order valence-corrected chi connectivity index (χ2v) is 9.72. The van der Waals surface area contributed by atoms with Crippen LogP contribution in [-0.4, -0.2) is 46.2 Å². The fourth-order valence-corrected chi connectivity index (χ4v) is 5.35. The first-order valence-corrected chi connectivity index (χ1v) is 11.1. The zero-order chi connectivity index (χ0) is 18.9. The molecular weight excluding hydrogens is 368 g/mol. The summed E-state index contributed by atoms with van der Waals surface area (Å²) >= 11 is 5.51. The topological polar surface area (TPSA) is 60.1 Å². The minimum absolute atomic E-state index is 0.0557. The highest BCUT2D eigenvalue weighted by Gasteiger charge is 2.32. The van der Waals surface area contributed by atoms with E-state index in [1.807, 2.05) is 18.7 Å². The van der Waals surface area contributed by atoms with Crippen LogP contribution >= 0.6 is 12.2 Å². The van der Waals surface area contributed by atoms with Crippen molar-refractivity contribution in [2.24, 2.45) is 7.05 Å². The minimum Gasteiger partial charge on any atom is -0.307 e. The van der Waals surface area contributed by atoms with Crippen LogP contribution in [0.3, 0.4) is 0 Å². The minimum atomic E-state index is -2.94. The zero-order valence-electron chi connectivity index (χ0n) is 15.6. The first-order chi connectivity index (χ1) is 12.3. The molecule has 0 amide bonds. The highest BCUT2D eigenvalue weighted by atomic mass is 32.2. The van der Waals surface area contributed by atoms with E-state index in [2.05, 4.69) is 41.2 Å². The number of rotatable bonds is 6.